The first-order chi connectivity index (χ1) is 18.7. The van der Waals surface area contributed by atoms with E-state index in [4.69, 9.17) is 10.5 Å². The highest BCUT2D eigenvalue weighted by Gasteiger charge is 2.33. The number of hydrogen-bond donors (Lipinski definition) is 2. The predicted molar refractivity (Wildman–Crippen MR) is 143 cm³/mol. The number of nitrogen functional groups attached to an aromatic ring is 1. The molecule has 0 fully saturated rings. The van der Waals surface area contributed by atoms with Crippen LogP contribution in [0.5, 0.6) is 5.88 Å². The van der Waals surface area contributed by atoms with Crippen molar-refractivity contribution in [2.45, 2.75) is 63.3 Å². The summed E-state index contributed by atoms with van der Waals surface area (Å²) in [5.74, 6) is -3.06. The number of halogens is 4. The molecule has 0 radical (unpaired) electrons. The molecule has 216 valence electrons. The van der Waals surface area contributed by atoms with Crippen LogP contribution in [0, 0.1) is 5.82 Å². The first-order valence-corrected chi connectivity index (χ1v) is 14.4. The van der Waals surface area contributed by atoms with Crippen LogP contribution in [0.1, 0.15) is 60.6 Å². The smallest absolute Gasteiger partial charge is 0.433 e. The number of rotatable bonds is 11. The Kier molecular flexibility index (Phi) is 9.78. The zero-order chi connectivity index (χ0) is 29.7. The van der Waals surface area contributed by atoms with Gasteiger partial charge in [-0.25, -0.2) is 17.8 Å². The first-order valence-electron chi connectivity index (χ1n) is 12.6. The van der Waals surface area contributed by atoms with E-state index in [2.05, 4.69) is 17.2 Å². The lowest BCUT2D eigenvalue weighted by molar-refractivity contribution is -0.141. The molecule has 40 heavy (non-hydrogen) atoms. The molecule has 1 heterocycles. The van der Waals surface area contributed by atoms with Crippen molar-refractivity contribution in [3.63, 3.8) is 0 Å². The van der Waals surface area contributed by atoms with Crippen molar-refractivity contribution in [1.29, 1.82) is 0 Å². The van der Waals surface area contributed by atoms with Gasteiger partial charge >= 0.3 is 6.18 Å². The van der Waals surface area contributed by atoms with Gasteiger partial charge in [0.15, 0.2) is 15.7 Å². The van der Waals surface area contributed by atoms with Crippen molar-refractivity contribution >= 4 is 21.4 Å². The zero-order valence-corrected chi connectivity index (χ0v) is 23.1. The van der Waals surface area contributed by atoms with Crippen LogP contribution < -0.4 is 15.8 Å². The summed E-state index contributed by atoms with van der Waals surface area (Å²) in [6.07, 6.45) is -0.833. The summed E-state index contributed by atoms with van der Waals surface area (Å²) < 4.78 is 83.6. The van der Waals surface area contributed by atoms with Crippen molar-refractivity contribution in [3.8, 4) is 5.88 Å². The molecule has 3 N–H and O–H groups in total. The van der Waals surface area contributed by atoms with Gasteiger partial charge in [-0.15, -0.1) is 0 Å². The molecule has 1 amide bonds. The van der Waals surface area contributed by atoms with Gasteiger partial charge in [0, 0.05) is 18.4 Å². The molecular formula is C28H31F4N3O4S. The van der Waals surface area contributed by atoms with Gasteiger partial charge in [-0.2, -0.15) is 13.2 Å². The number of benzene rings is 2. The lowest BCUT2D eigenvalue weighted by Crippen LogP contribution is -2.28. The molecule has 2 aromatic carbocycles. The third-order valence-corrected chi connectivity index (χ3v) is 7.45. The topological polar surface area (TPSA) is 111 Å². The van der Waals surface area contributed by atoms with Crippen molar-refractivity contribution in [3.05, 3.63) is 82.3 Å². The van der Waals surface area contributed by atoms with Crippen LogP contribution >= 0.6 is 0 Å². The highest BCUT2D eigenvalue weighted by atomic mass is 32.2. The zero-order valence-electron chi connectivity index (χ0n) is 22.3. The van der Waals surface area contributed by atoms with Gasteiger partial charge in [-0.05, 0) is 54.7 Å². The molecule has 1 unspecified atom stereocenters. The Balaban J connectivity index is 1.76. The monoisotopic (exact) mass is 581 g/mol. The Morgan fingerprint density at radius 3 is 2.33 bits per heavy atom. The van der Waals surface area contributed by atoms with E-state index in [0.29, 0.717) is 0 Å². The van der Waals surface area contributed by atoms with E-state index in [0.717, 1.165) is 48.8 Å². The molecule has 7 nitrogen and oxygen atoms in total. The minimum absolute atomic E-state index is 0.0395. The molecule has 0 spiro atoms. The summed E-state index contributed by atoms with van der Waals surface area (Å²) in [6, 6.07) is 11.8. The third-order valence-electron chi connectivity index (χ3n) is 6.34. The van der Waals surface area contributed by atoms with Crippen LogP contribution in [-0.4, -0.2) is 25.6 Å². The molecule has 1 aromatic heterocycles. The fraction of sp³-hybridized carbons (Fsp3) is 0.357. The maximum Gasteiger partial charge on any atom is 0.433 e. The fourth-order valence-corrected chi connectivity index (χ4v) is 4.70. The van der Waals surface area contributed by atoms with Gasteiger partial charge in [0.2, 0.25) is 11.8 Å². The summed E-state index contributed by atoms with van der Waals surface area (Å²) in [7, 11) is -3.87. The predicted octanol–water partition coefficient (Wildman–Crippen LogP) is 5.57. The number of ether oxygens (including phenoxy) is 1. The number of alkyl halides is 3. The number of anilines is 1. The standard InChI is InChI=1S/C28H31F4N3O4S/c1-4-5-6-18-7-9-19(10-8-18)16-39-27-20(11-14-23(35-27)28(30,31)32)15-34-26(36)17(2)21-12-13-22(40(3,37)38)24(29)25(21)33/h7-14,17H,4-6,15-16,33H2,1-3H3,(H,34,36). The molecule has 0 aliphatic carbocycles. The number of nitrogens with zero attached hydrogens (tertiary/aromatic N) is 1. The molecule has 0 aliphatic rings. The molecule has 0 saturated heterocycles. The second-order valence-corrected chi connectivity index (χ2v) is 11.4. The minimum atomic E-state index is -4.70. The van der Waals surface area contributed by atoms with Crippen LogP contribution in [0.25, 0.3) is 0 Å². The lowest BCUT2D eigenvalue weighted by Gasteiger charge is -2.18. The largest absolute Gasteiger partial charge is 0.473 e. The maximum absolute atomic E-state index is 14.6. The van der Waals surface area contributed by atoms with E-state index in [-0.39, 0.29) is 30.2 Å². The number of aryl methyl sites for hydroxylation is 1. The van der Waals surface area contributed by atoms with Gasteiger partial charge < -0.3 is 15.8 Å². The Hall–Kier alpha value is -3.67. The fourth-order valence-electron chi connectivity index (χ4n) is 3.95. The molecular weight excluding hydrogens is 550 g/mol. The summed E-state index contributed by atoms with van der Waals surface area (Å²) in [4.78, 5) is 15.9. The van der Waals surface area contributed by atoms with Gasteiger partial charge in [0.1, 0.15) is 17.2 Å². The van der Waals surface area contributed by atoms with E-state index in [9.17, 15) is 30.8 Å². The number of nitrogens with two attached hydrogens (primary N) is 1. The number of pyridine rings is 1. The molecule has 0 bridgehead atoms. The Morgan fingerprint density at radius 1 is 1.07 bits per heavy atom. The summed E-state index contributed by atoms with van der Waals surface area (Å²) in [6.45, 7) is 3.26. The van der Waals surface area contributed by atoms with Crippen molar-refractivity contribution in [2.24, 2.45) is 0 Å². The van der Waals surface area contributed by atoms with Crippen LogP contribution in [0.2, 0.25) is 0 Å². The van der Waals surface area contributed by atoms with Crippen LogP contribution in [0.4, 0.5) is 23.2 Å². The van der Waals surface area contributed by atoms with Crippen LogP contribution in [-0.2, 0) is 40.4 Å². The number of unbranched alkanes of at least 4 members (excludes halogenated alkanes) is 1. The quantitative estimate of drug-likeness (QED) is 0.226. The number of nitrogens with one attached hydrogen (secondary N) is 1. The van der Waals surface area contributed by atoms with Crippen molar-refractivity contribution in [2.75, 3.05) is 12.0 Å². The second kappa shape index (κ2) is 12.7. The Morgan fingerprint density at radius 2 is 1.73 bits per heavy atom. The Labute approximate surface area is 230 Å². The molecule has 3 rings (SSSR count). The average molecular weight is 582 g/mol. The van der Waals surface area contributed by atoms with Gasteiger partial charge in [0.25, 0.3) is 0 Å². The summed E-state index contributed by atoms with van der Waals surface area (Å²) in [5, 5.41) is 2.58. The highest BCUT2D eigenvalue weighted by molar-refractivity contribution is 7.90. The molecule has 0 saturated carbocycles. The second-order valence-electron chi connectivity index (χ2n) is 9.46. The van der Waals surface area contributed by atoms with Gasteiger partial charge in [-0.3, -0.25) is 4.79 Å². The molecule has 0 aliphatic heterocycles. The van der Waals surface area contributed by atoms with Gasteiger partial charge in [-0.1, -0.05) is 43.7 Å². The normalized spacial score (nSPS) is 12.7. The van der Waals surface area contributed by atoms with Crippen LogP contribution in [0.15, 0.2) is 53.4 Å². The molecule has 3 aromatic rings. The van der Waals surface area contributed by atoms with Gasteiger partial charge in [0.05, 0.1) is 11.6 Å². The van der Waals surface area contributed by atoms with Crippen LogP contribution in [0.3, 0.4) is 0 Å². The number of amides is 1. The van der Waals surface area contributed by atoms with E-state index in [1.807, 2.05) is 24.3 Å². The maximum atomic E-state index is 14.6. The number of hydrogen-bond acceptors (Lipinski definition) is 6. The van der Waals surface area contributed by atoms with E-state index in [1.165, 1.54) is 19.1 Å². The lowest BCUT2D eigenvalue weighted by atomic mass is 9.98. The SMILES string of the molecule is CCCCc1ccc(COc2nc(C(F)(F)F)ccc2CNC(=O)C(C)c2ccc(S(C)(=O)=O)c(F)c2N)cc1. The number of carbonyl (C=O) groups is 1. The molecule has 1 atom stereocenters. The minimum Gasteiger partial charge on any atom is -0.473 e. The van der Waals surface area contributed by atoms with E-state index in [1.54, 1.807) is 0 Å². The van der Waals surface area contributed by atoms with Crippen molar-refractivity contribution < 1.29 is 35.5 Å². The highest BCUT2D eigenvalue weighted by Crippen LogP contribution is 2.32. The third kappa shape index (κ3) is 7.71. The van der Waals surface area contributed by atoms with E-state index >= 15 is 0 Å². The number of sulfone groups is 1. The summed E-state index contributed by atoms with van der Waals surface area (Å²) in [5.41, 5.74) is 6.29. The van der Waals surface area contributed by atoms with Crippen molar-refractivity contribution in [1.82, 2.24) is 10.3 Å². The number of carbonyl (C=O) groups excluding carboxylic acids is 1. The Bertz CT molecular complexity index is 1460. The summed E-state index contributed by atoms with van der Waals surface area (Å²) >= 11 is 0. The van der Waals surface area contributed by atoms with E-state index < -0.39 is 49.9 Å². The first kappa shape index (κ1) is 30.9. The average Bonchev–Trinajstić information content (AvgIpc) is 2.90. The number of aromatic nitrogens is 1. The molecule has 12 heteroatoms.